The number of carboxylic acids is 1. The van der Waals surface area contributed by atoms with Crippen LogP contribution in [0.2, 0.25) is 0 Å². The average Bonchev–Trinajstić information content (AvgIpc) is 2.38. The Labute approximate surface area is 115 Å². The zero-order valence-corrected chi connectivity index (χ0v) is 11.6. The van der Waals surface area contributed by atoms with E-state index in [-0.39, 0.29) is 5.91 Å². The monoisotopic (exact) mass is 285 g/mol. The van der Waals surface area contributed by atoms with Crippen LogP contribution >= 0.6 is 23.5 Å². The van der Waals surface area contributed by atoms with Crippen LogP contribution in [0.4, 0.5) is 0 Å². The highest BCUT2D eigenvalue weighted by Gasteiger charge is 2.20. The van der Waals surface area contributed by atoms with Gasteiger partial charge in [-0.2, -0.15) is 11.8 Å². The number of hydrogen-bond donors (Lipinski definition) is 2. The molecule has 0 saturated carbocycles. The number of carbonyl (C=O) groups is 2. The molecule has 18 heavy (non-hydrogen) atoms. The van der Waals surface area contributed by atoms with Crippen molar-refractivity contribution in [1.29, 1.82) is 0 Å². The van der Waals surface area contributed by atoms with Crippen molar-refractivity contribution in [1.82, 2.24) is 5.32 Å². The van der Waals surface area contributed by atoms with Gasteiger partial charge in [0.1, 0.15) is 6.04 Å². The van der Waals surface area contributed by atoms with Crippen molar-refractivity contribution in [2.75, 3.05) is 17.1 Å². The summed E-state index contributed by atoms with van der Waals surface area (Å²) < 4.78 is 0. The lowest BCUT2D eigenvalue weighted by molar-refractivity contribution is -0.138. The van der Waals surface area contributed by atoms with Crippen molar-refractivity contribution in [3.8, 4) is 0 Å². The van der Waals surface area contributed by atoms with Crippen LogP contribution in [0, 0.1) is 0 Å². The van der Waals surface area contributed by atoms with Gasteiger partial charge in [-0.3, -0.25) is 4.79 Å². The minimum Gasteiger partial charge on any atom is -0.480 e. The van der Waals surface area contributed by atoms with E-state index >= 15 is 0 Å². The zero-order valence-electron chi connectivity index (χ0n) is 9.96. The molecule has 1 aromatic carbocycles. The van der Waals surface area contributed by atoms with Gasteiger partial charge in [0.2, 0.25) is 0 Å². The predicted molar refractivity (Wildman–Crippen MR) is 76.2 cm³/mol. The summed E-state index contributed by atoms with van der Waals surface area (Å²) in [5.74, 6) is -0.991. The maximum atomic E-state index is 11.8. The first kappa shape index (κ1) is 14.9. The van der Waals surface area contributed by atoms with Gasteiger partial charge in [0, 0.05) is 16.4 Å². The quantitative estimate of drug-likeness (QED) is 0.592. The molecule has 0 aliphatic carbocycles. The molecule has 1 atom stereocenters. The Bertz CT molecular complexity index is 398. The minimum absolute atomic E-state index is 0.354. The summed E-state index contributed by atoms with van der Waals surface area (Å²) >= 11 is 3.12. The van der Waals surface area contributed by atoms with Crippen molar-refractivity contribution in [2.45, 2.75) is 6.04 Å². The lowest BCUT2D eigenvalue weighted by Crippen LogP contribution is -2.42. The summed E-state index contributed by atoms with van der Waals surface area (Å²) in [4.78, 5) is 22.8. The number of nitrogens with one attached hydrogen (secondary N) is 1. The maximum absolute atomic E-state index is 11.8. The Kier molecular flexibility index (Phi) is 6.67. The molecule has 2 N–H and O–H groups in total. The van der Waals surface area contributed by atoms with Crippen LogP contribution in [0.15, 0.2) is 30.3 Å². The van der Waals surface area contributed by atoms with Gasteiger partial charge in [-0.15, -0.1) is 11.8 Å². The second-order valence-electron chi connectivity index (χ2n) is 3.51. The molecule has 1 amide bonds. The average molecular weight is 285 g/mol. The van der Waals surface area contributed by atoms with Gasteiger partial charge in [-0.1, -0.05) is 18.2 Å². The Morgan fingerprint density at radius 2 is 2.00 bits per heavy atom. The highest BCUT2D eigenvalue weighted by Crippen LogP contribution is 2.10. The Hall–Kier alpha value is -1.14. The van der Waals surface area contributed by atoms with Crippen LogP contribution in [0.25, 0.3) is 0 Å². The molecule has 0 radical (unpaired) electrons. The maximum Gasteiger partial charge on any atom is 0.327 e. The Morgan fingerprint density at radius 3 is 2.56 bits per heavy atom. The standard InChI is InChI=1S/C12H15NO3S2/c1-17-8-18-7-10(12(15)16)13-11(14)9-5-3-2-4-6-9/h2-6,10H,7-8H2,1H3,(H,13,14)(H,15,16)/t10-/m0/s1. The summed E-state index contributed by atoms with van der Waals surface area (Å²) in [6, 6.07) is 7.75. The molecule has 0 spiro atoms. The van der Waals surface area contributed by atoms with Crippen LogP contribution in [-0.4, -0.2) is 40.1 Å². The van der Waals surface area contributed by atoms with E-state index in [0.29, 0.717) is 11.3 Å². The molecule has 0 aliphatic heterocycles. The lowest BCUT2D eigenvalue weighted by atomic mass is 10.2. The first-order valence-corrected chi connectivity index (χ1v) is 7.85. The molecule has 0 fully saturated rings. The second-order valence-corrected chi connectivity index (χ2v) is 5.77. The fourth-order valence-corrected chi connectivity index (χ4v) is 2.77. The summed E-state index contributed by atoms with van der Waals surface area (Å²) in [6.45, 7) is 0. The summed E-state index contributed by atoms with van der Waals surface area (Å²) in [5.41, 5.74) is 0.471. The van der Waals surface area contributed by atoms with Crippen LogP contribution in [0.1, 0.15) is 10.4 Å². The molecule has 1 aromatic rings. The summed E-state index contributed by atoms with van der Waals surface area (Å²) in [7, 11) is 0. The number of hydrogen-bond acceptors (Lipinski definition) is 4. The normalized spacial score (nSPS) is 11.8. The van der Waals surface area contributed by atoms with Crippen LogP contribution in [-0.2, 0) is 4.79 Å². The lowest BCUT2D eigenvalue weighted by Gasteiger charge is -2.13. The van der Waals surface area contributed by atoms with E-state index in [1.165, 1.54) is 11.8 Å². The summed E-state index contributed by atoms with van der Waals surface area (Å²) in [6.07, 6.45) is 1.95. The third-order valence-corrected chi connectivity index (χ3v) is 4.30. The van der Waals surface area contributed by atoms with Gasteiger partial charge in [-0.05, 0) is 18.4 Å². The molecule has 0 aliphatic rings. The van der Waals surface area contributed by atoms with Gasteiger partial charge < -0.3 is 10.4 Å². The molecular formula is C12H15NO3S2. The Balaban J connectivity index is 2.55. The van der Waals surface area contributed by atoms with E-state index in [9.17, 15) is 9.59 Å². The number of thioether (sulfide) groups is 2. The molecule has 0 heterocycles. The van der Waals surface area contributed by atoms with Crippen molar-refractivity contribution in [3.63, 3.8) is 0 Å². The number of carboxylic acid groups (broad SMARTS) is 1. The van der Waals surface area contributed by atoms with E-state index in [1.807, 2.05) is 6.26 Å². The molecule has 6 heteroatoms. The fourth-order valence-electron chi connectivity index (χ4n) is 1.26. The molecule has 0 aromatic heterocycles. The predicted octanol–water partition coefficient (Wildman–Crippen LogP) is 1.92. The molecule has 0 bridgehead atoms. The first-order valence-electron chi connectivity index (χ1n) is 5.30. The third kappa shape index (κ3) is 5.01. The molecule has 0 unspecified atom stereocenters. The fraction of sp³-hybridized carbons (Fsp3) is 0.333. The van der Waals surface area contributed by atoms with Crippen LogP contribution in [0.5, 0.6) is 0 Å². The van der Waals surface area contributed by atoms with Gasteiger partial charge in [0.05, 0.1) is 0 Å². The highest BCUT2D eigenvalue weighted by atomic mass is 32.2. The van der Waals surface area contributed by atoms with Crippen molar-refractivity contribution in [2.24, 2.45) is 0 Å². The number of carbonyl (C=O) groups excluding carboxylic acids is 1. The molecule has 0 saturated heterocycles. The second kappa shape index (κ2) is 8.05. The van der Waals surface area contributed by atoms with Crippen molar-refractivity contribution in [3.05, 3.63) is 35.9 Å². The molecular weight excluding hydrogens is 270 g/mol. The third-order valence-electron chi connectivity index (χ3n) is 2.13. The minimum atomic E-state index is -1.01. The SMILES string of the molecule is CSCSC[C@H](NC(=O)c1ccccc1)C(=O)O. The van der Waals surface area contributed by atoms with Gasteiger partial charge in [0.15, 0.2) is 0 Å². The topological polar surface area (TPSA) is 66.4 Å². The van der Waals surface area contributed by atoms with Gasteiger partial charge >= 0.3 is 5.97 Å². The summed E-state index contributed by atoms with van der Waals surface area (Å²) in [5, 5.41) is 12.4. The van der Waals surface area contributed by atoms with Gasteiger partial charge in [-0.25, -0.2) is 4.79 Å². The largest absolute Gasteiger partial charge is 0.480 e. The number of benzene rings is 1. The van der Waals surface area contributed by atoms with Crippen LogP contribution < -0.4 is 5.32 Å². The van der Waals surface area contributed by atoms with E-state index in [1.54, 1.807) is 42.1 Å². The van der Waals surface area contributed by atoms with Crippen LogP contribution in [0.3, 0.4) is 0 Å². The molecule has 98 valence electrons. The number of rotatable bonds is 7. The smallest absolute Gasteiger partial charge is 0.327 e. The first-order chi connectivity index (χ1) is 8.65. The van der Waals surface area contributed by atoms with E-state index in [2.05, 4.69) is 5.32 Å². The van der Waals surface area contributed by atoms with E-state index < -0.39 is 12.0 Å². The highest BCUT2D eigenvalue weighted by molar-refractivity contribution is 8.15. The number of aliphatic carboxylic acids is 1. The van der Waals surface area contributed by atoms with Crippen molar-refractivity contribution >= 4 is 35.4 Å². The molecule has 4 nitrogen and oxygen atoms in total. The Morgan fingerprint density at radius 1 is 1.33 bits per heavy atom. The van der Waals surface area contributed by atoms with E-state index in [4.69, 9.17) is 5.11 Å². The molecule has 1 rings (SSSR count). The zero-order chi connectivity index (χ0) is 13.4. The number of amides is 1. The van der Waals surface area contributed by atoms with Crippen molar-refractivity contribution < 1.29 is 14.7 Å². The van der Waals surface area contributed by atoms with Gasteiger partial charge in [0.25, 0.3) is 5.91 Å². The van der Waals surface area contributed by atoms with E-state index in [0.717, 1.165) is 5.08 Å².